The van der Waals surface area contributed by atoms with Gasteiger partial charge < -0.3 is 5.11 Å². The van der Waals surface area contributed by atoms with Gasteiger partial charge in [0, 0.05) is 24.5 Å². The van der Waals surface area contributed by atoms with Crippen molar-refractivity contribution in [2.75, 3.05) is 6.54 Å². The van der Waals surface area contributed by atoms with Crippen molar-refractivity contribution in [3.05, 3.63) is 29.8 Å². The third-order valence-corrected chi connectivity index (χ3v) is 3.93. The van der Waals surface area contributed by atoms with Crippen LogP contribution < -0.4 is 5.11 Å². The van der Waals surface area contributed by atoms with Gasteiger partial charge in [0.1, 0.15) is 0 Å². The summed E-state index contributed by atoms with van der Waals surface area (Å²) in [7, 11) is 0. The lowest BCUT2D eigenvalue weighted by molar-refractivity contribution is -0.434. The molecule has 1 aliphatic rings. The van der Waals surface area contributed by atoms with Crippen LogP contribution in [0.4, 0.5) is 5.69 Å². The van der Waals surface area contributed by atoms with Crippen molar-refractivity contribution in [1.29, 1.82) is 0 Å². The lowest BCUT2D eigenvalue weighted by Crippen LogP contribution is -2.34. The van der Waals surface area contributed by atoms with Crippen LogP contribution in [-0.2, 0) is 5.41 Å². The van der Waals surface area contributed by atoms with Gasteiger partial charge in [0.05, 0.1) is 11.0 Å². The average molecular weight is 309 g/mol. The molecule has 21 heavy (non-hydrogen) atoms. The molecule has 0 N–H and O–H groups in total. The van der Waals surface area contributed by atoms with Gasteiger partial charge in [-0.25, -0.2) is 0 Å². The Morgan fingerprint density at radius 1 is 1.24 bits per heavy atom. The number of benzene rings is 1. The predicted molar refractivity (Wildman–Crippen MR) is 89.4 cm³/mol. The quantitative estimate of drug-likeness (QED) is 0.470. The van der Waals surface area contributed by atoms with Crippen molar-refractivity contribution in [3.8, 4) is 0 Å². The highest BCUT2D eigenvalue weighted by Crippen LogP contribution is 2.38. The van der Waals surface area contributed by atoms with Crippen molar-refractivity contribution in [2.45, 2.75) is 52.5 Å². The van der Waals surface area contributed by atoms with Gasteiger partial charge in [-0.05, 0) is 34.6 Å². The van der Waals surface area contributed by atoms with Crippen LogP contribution in [0.1, 0.15) is 47.1 Å². The highest BCUT2D eigenvalue weighted by atomic mass is 35.5. The summed E-state index contributed by atoms with van der Waals surface area (Å²) in [6.45, 7) is 12.7. The molecule has 1 aromatic carbocycles. The average Bonchev–Trinajstić information content (AvgIpc) is 2.49. The number of hydrogen-bond acceptors (Lipinski definition) is 2. The first-order chi connectivity index (χ1) is 9.13. The summed E-state index contributed by atoms with van der Waals surface area (Å²) >= 11 is 0. The molecule has 0 saturated carbocycles. The predicted octanol–water partition coefficient (Wildman–Crippen LogP) is 3.06. The first-order valence-corrected chi connectivity index (χ1v) is 7.10. The van der Waals surface area contributed by atoms with Crippen LogP contribution in [0.3, 0.4) is 0 Å². The van der Waals surface area contributed by atoms with E-state index in [0.717, 1.165) is 5.69 Å². The smallest absolute Gasteiger partial charge is 0.209 e. The van der Waals surface area contributed by atoms with Crippen LogP contribution in [0.25, 0.3) is 0 Å². The zero-order valence-corrected chi connectivity index (χ0v) is 14.5. The van der Waals surface area contributed by atoms with Crippen molar-refractivity contribution in [3.63, 3.8) is 0 Å². The Hall–Kier alpha value is -1.35. The van der Waals surface area contributed by atoms with Gasteiger partial charge in [0.15, 0.2) is 12.3 Å². The lowest BCUT2D eigenvalue weighted by Gasteiger charge is -2.18. The molecule has 0 bridgehead atoms. The summed E-state index contributed by atoms with van der Waals surface area (Å²) in [6.07, 6.45) is 0. The molecule has 0 unspecified atom stereocenters. The fourth-order valence-corrected chi connectivity index (χ4v) is 2.70. The molecule has 0 spiro atoms. The molecule has 0 amide bonds. The molecule has 1 aromatic rings. The minimum atomic E-state index is -0.320. The number of hydrogen-bond donors (Lipinski definition) is 0. The Morgan fingerprint density at radius 3 is 2.38 bits per heavy atom. The van der Waals surface area contributed by atoms with Gasteiger partial charge in [-0.2, -0.15) is 4.58 Å². The second-order valence-electron chi connectivity index (χ2n) is 6.99. The molecule has 0 atom stereocenters. The van der Waals surface area contributed by atoms with Gasteiger partial charge in [-0.15, -0.1) is 12.4 Å². The van der Waals surface area contributed by atoms with E-state index in [1.54, 1.807) is 0 Å². The summed E-state index contributed by atoms with van der Waals surface area (Å²) in [5, 5.41) is 12.2. The minimum Gasteiger partial charge on any atom is -0.858 e. The van der Waals surface area contributed by atoms with Crippen LogP contribution in [0, 0.1) is 0 Å². The van der Waals surface area contributed by atoms with Gasteiger partial charge in [-0.1, -0.05) is 18.2 Å². The Kier molecular flexibility index (Phi) is 4.89. The molecule has 1 heterocycles. The van der Waals surface area contributed by atoms with E-state index in [1.165, 1.54) is 11.3 Å². The van der Waals surface area contributed by atoms with E-state index < -0.39 is 0 Å². The third kappa shape index (κ3) is 3.46. The molecule has 0 saturated heterocycles. The molecule has 0 radical (unpaired) electrons. The Bertz CT molecular complexity index is 595. The summed E-state index contributed by atoms with van der Waals surface area (Å²) in [6, 6.07) is 8.30. The Morgan fingerprint density at radius 2 is 1.81 bits per heavy atom. The maximum Gasteiger partial charge on any atom is 0.209 e. The number of rotatable bonds is 2. The maximum absolute atomic E-state index is 12.2. The third-order valence-electron chi connectivity index (χ3n) is 3.93. The molecular weight excluding hydrogens is 284 g/mol. The molecule has 116 valence electrons. The van der Waals surface area contributed by atoms with Gasteiger partial charge in [0.25, 0.3) is 0 Å². The number of aliphatic imine (C=N–C) groups is 1. The van der Waals surface area contributed by atoms with Crippen molar-refractivity contribution in [2.24, 2.45) is 4.99 Å². The van der Waals surface area contributed by atoms with E-state index in [9.17, 15) is 5.11 Å². The van der Waals surface area contributed by atoms with Crippen molar-refractivity contribution in [1.82, 2.24) is 0 Å². The summed E-state index contributed by atoms with van der Waals surface area (Å²) < 4.78 is 2.10. The maximum atomic E-state index is 12.2. The Balaban J connectivity index is 0.00000220. The summed E-state index contributed by atoms with van der Waals surface area (Å²) in [5.41, 5.74) is 3.27. The van der Waals surface area contributed by atoms with Crippen molar-refractivity contribution >= 4 is 29.7 Å². The number of para-hydroxylation sites is 1. The molecule has 0 aromatic heterocycles. The first-order valence-electron chi connectivity index (χ1n) is 7.10. The van der Waals surface area contributed by atoms with E-state index in [2.05, 4.69) is 48.5 Å². The topological polar surface area (TPSA) is 38.4 Å². The first kappa shape index (κ1) is 17.7. The fourth-order valence-electron chi connectivity index (χ4n) is 2.70. The molecule has 0 aliphatic carbocycles. The fraction of sp³-hybridized carbons (Fsp3) is 0.529. The zero-order chi connectivity index (χ0) is 15.1. The van der Waals surface area contributed by atoms with Crippen molar-refractivity contribution < 1.29 is 9.68 Å². The van der Waals surface area contributed by atoms with Crippen LogP contribution in [-0.4, -0.2) is 28.3 Å². The van der Waals surface area contributed by atoms with Crippen LogP contribution in [0.5, 0.6) is 0 Å². The van der Waals surface area contributed by atoms with E-state index >= 15 is 0 Å². The number of halogens is 1. The Labute approximate surface area is 133 Å². The normalized spacial score (nSPS) is 17.5. The van der Waals surface area contributed by atoms with Gasteiger partial charge in [-0.3, -0.25) is 4.99 Å². The highest BCUT2D eigenvalue weighted by molar-refractivity contribution is 5.94. The number of fused-ring (bicyclic) bond motifs is 1. The number of nitrogens with zero attached hydrogens (tertiary/aromatic N) is 2. The summed E-state index contributed by atoms with van der Waals surface area (Å²) in [4.78, 5) is 4.23. The largest absolute Gasteiger partial charge is 0.858 e. The highest BCUT2D eigenvalue weighted by Gasteiger charge is 2.42. The molecule has 2 rings (SSSR count). The zero-order valence-electron chi connectivity index (χ0n) is 13.7. The van der Waals surface area contributed by atoms with E-state index in [1.807, 2.05) is 26.8 Å². The second kappa shape index (κ2) is 5.80. The summed E-state index contributed by atoms with van der Waals surface area (Å²) in [5.74, 6) is -0.0654. The SMILES string of the molecule is CC1=[N+](CC([O-])=NC(C)(C)C)c2ccccc2C1(C)C.Cl. The van der Waals surface area contributed by atoms with Crippen LogP contribution >= 0.6 is 12.4 Å². The molecule has 0 fully saturated rings. The van der Waals surface area contributed by atoms with Gasteiger partial charge in [0.2, 0.25) is 5.69 Å². The van der Waals surface area contributed by atoms with Crippen LogP contribution in [0.15, 0.2) is 29.3 Å². The van der Waals surface area contributed by atoms with E-state index in [-0.39, 0.29) is 29.3 Å². The second-order valence-corrected chi connectivity index (χ2v) is 6.99. The molecule has 4 heteroatoms. The molecular formula is C17H25ClN2O. The van der Waals surface area contributed by atoms with Gasteiger partial charge >= 0.3 is 0 Å². The monoisotopic (exact) mass is 308 g/mol. The molecule has 3 nitrogen and oxygen atoms in total. The van der Waals surface area contributed by atoms with E-state index in [4.69, 9.17) is 0 Å². The standard InChI is InChI=1S/C17H24N2O.ClH/c1-12-17(5,6)13-9-7-8-10-14(13)19(12)11-15(20)18-16(2,3)4;/h7-10H,11H2,1-6H3;1H. The minimum absolute atomic E-state index is 0. The van der Waals surface area contributed by atoms with Crippen LogP contribution in [0.2, 0.25) is 0 Å². The van der Waals surface area contributed by atoms with E-state index in [0.29, 0.717) is 6.54 Å². The lowest BCUT2D eigenvalue weighted by atomic mass is 9.82. The molecule has 1 aliphatic heterocycles.